The van der Waals surface area contributed by atoms with Crippen molar-refractivity contribution in [2.24, 2.45) is 10.8 Å². The van der Waals surface area contributed by atoms with E-state index in [0.29, 0.717) is 12.8 Å². The van der Waals surface area contributed by atoms with Crippen molar-refractivity contribution < 1.29 is 93.3 Å². The minimum atomic E-state index is -5.14. The maximum atomic E-state index is 12.2. The molecular weight excluding hydrogens is 1170 g/mol. The van der Waals surface area contributed by atoms with Gasteiger partial charge in [0, 0.05) is 12.8 Å². The molecule has 2 aliphatic heterocycles. The number of cyclic esters (lactones) is 4. The molecule has 85 heavy (non-hydrogen) atoms. The molecule has 2 rings (SSSR count). The zero-order valence-electron chi connectivity index (χ0n) is 51.8. The standard InChI is InChI=1S/2C31H54O10S.Ca/c2*1-2-3-4-5-6-7-8-9-10-11-12-13-14-15-16-17-18-19-20-21-28(33)39-24-31(23-32)25-40-29(34)22-27(42(36,37)38)30(35)41-26-31;/h2*3-4,27,32H,2,5-26H2,1H3,(H,36,37,38);/q;;+2/p-2/b2*4-3-;. The predicted octanol–water partition coefficient (Wildman–Crippen LogP) is 10.6. The summed E-state index contributed by atoms with van der Waals surface area (Å²) < 4.78 is 97.9. The van der Waals surface area contributed by atoms with Gasteiger partial charge in [0.15, 0.2) is 10.5 Å². The Morgan fingerprint density at radius 3 is 0.941 bits per heavy atom. The number of allylic oxidation sites excluding steroid dienone is 4. The van der Waals surface area contributed by atoms with E-state index in [1.807, 2.05) is 0 Å². The molecule has 0 spiro atoms. The van der Waals surface area contributed by atoms with Crippen LogP contribution in [0, 0.1) is 10.8 Å². The van der Waals surface area contributed by atoms with Crippen LogP contribution in [0.25, 0.3) is 0 Å². The summed E-state index contributed by atoms with van der Waals surface area (Å²) in [6.45, 7) is 0.148. The van der Waals surface area contributed by atoms with Crippen molar-refractivity contribution in [3.05, 3.63) is 24.3 Å². The summed E-state index contributed by atoms with van der Waals surface area (Å²) in [6, 6.07) is 0. The van der Waals surface area contributed by atoms with Gasteiger partial charge in [-0.15, -0.1) is 0 Å². The summed E-state index contributed by atoms with van der Waals surface area (Å²) in [7, 11) is -10.3. The van der Waals surface area contributed by atoms with E-state index in [9.17, 15) is 64.9 Å². The Balaban J connectivity index is 0.00000164. The molecule has 0 bridgehead atoms. The first-order valence-electron chi connectivity index (χ1n) is 31.6. The van der Waals surface area contributed by atoms with Crippen molar-refractivity contribution in [1.29, 1.82) is 0 Å². The zero-order valence-corrected chi connectivity index (χ0v) is 55.6. The molecule has 0 aromatic rings. The first-order valence-corrected chi connectivity index (χ1v) is 34.6. The molecule has 0 radical (unpaired) electrons. The van der Waals surface area contributed by atoms with Crippen LogP contribution in [0.1, 0.15) is 258 Å². The van der Waals surface area contributed by atoms with E-state index < -0.39 is 143 Å². The maximum absolute atomic E-state index is 12.2. The minimum Gasteiger partial charge on any atom is -0.747 e. The van der Waals surface area contributed by atoms with Crippen LogP contribution in [0.2, 0.25) is 0 Å². The second-order valence-electron chi connectivity index (χ2n) is 23.0. The number of rotatable bonds is 46. The van der Waals surface area contributed by atoms with Crippen LogP contribution in [0.4, 0.5) is 0 Å². The van der Waals surface area contributed by atoms with Crippen LogP contribution < -0.4 is 0 Å². The third kappa shape index (κ3) is 42.8. The molecule has 0 saturated carbocycles. The molecule has 2 saturated heterocycles. The normalized spacial score (nSPS) is 19.8. The fraction of sp³-hybridized carbons (Fsp3) is 0.839. The van der Waals surface area contributed by atoms with Gasteiger partial charge in [-0.3, -0.25) is 28.8 Å². The number of hydrogen-bond donors (Lipinski definition) is 2. The third-order valence-corrected chi connectivity index (χ3v) is 17.2. The average Bonchev–Trinajstić information content (AvgIpc) is 3.90. The largest absolute Gasteiger partial charge is 2.00 e. The zero-order chi connectivity index (χ0) is 62.2. The number of aliphatic hydroxyl groups is 2. The number of unbranched alkanes of at least 4 members (excludes halogenated alkanes) is 30. The number of carbonyl (C=O) groups excluding carboxylic acids is 6. The summed E-state index contributed by atoms with van der Waals surface area (Å²) in [5.41, 5.74) is -2.90. The van der Waals surface area contributed by atoms with Crippen molar-refractivity contribution in [2.75, 3.05) is 52.9 Å². The molecule has 0 aliphatic carbocycles. The molecule has 4 unspecified atom stereocenters. The van der Waals surface area contributed by atoms with Crippen LogP contribution in [0.15, 0.2) is 24.3 Å². The summed E-state index contributed by atoms with van der Waals surface area (Å²) in [4.78, 5) is 72.4. The predicted molar refractivity (Wildman–Crippen MR) is 323 cm³/mol. The molecular formula is C62H106CaO20S2. The molecule has 2 fully saturated rings. The minimum absolute atomic E-state index is 0. The Kier molecular flexibility index (Phi) is 49.5. The summed E-state index contributed by atoms with van der Waals surface area (Å²) in [6.07, 6.45) is 48.5. The molecule has 488 valence electrons. The third-order valence-electron chi connectivity index (χ3n) is 15.1. The van der Waals surface area contributed by atoms with Gasteiger partial charge < -0.3 is 47.7 Å². The molecule has 0 aromatic carbocycles. The summed E-state index contributed by atoms with van der Waals surface area (Å²) >= 11 is 0. The number of hydrogen-bond acceptors (Lipinski definition) is 20. The van der Waals surface area contributed by atoms with E-state index in [1.54, 1.807) is 0 Å². The van der Waals surface area contributed by atoms with Crippen LogP contribution in [0.3, 0.4) is 0 Å². The van der Waals surface area contributed by atoms with E-state index >= 15 is 0 Å². The monoisotopic (exact) mass is 1270 g/mol. The van der Waals surface area contributed by atoms with E-state index in [2.05, 4.69) is 38.2 Å². The van der Waals surface area contributed by atoms with Crippen LogP contribution in [-0.2, 0) is 77.4 Å². The Hall–Kier alpha value is -2.70. The first-order chi connectivity index (χ1) is 40.3. The second kappa shape index (κ2) is 51.1. The van der Waals surface area contributed by atoms with E-state index in [4.69, 9.17) is 28.4 Å². The van der Waals surface area contributed by atoms with Gasteiger partial charge in [-0.25, -0.2) is 16.8 Å². The fourth-order valence-corrected chi connectivity index (χ4v) is 10.8. The summed E-state index contributed by atoms with van der Waals surface area (Å²) in [5, 5.41) is 15.2. The second-order valence-corrected chi connectivity index (χ2v) is 26.1. The molecule has 2 aliphatic rings. The van der Waals surface area contributed by atoms with Gasteiger partial charge in [-0.2, -0.15) is 0 Å². The molecule has 4 atom stereocenters. The molecule has 20 nitrogen and oxygen atoms in total. The Morgan fingerprint density at radius 1 is 0.447 bits per heavy atom. The Bertz CT molecular complexity index is 1960. The van der Waals surface area contributed by atoms with Crippen LogP contribution in [0.5, 0.6) is 0 Å². The Labute approximate surface area is 539 Å². The molecule has 0 aromatic heterocycles. The van der Waals surface area contributed by atoms with Crippen molar-refractivity contribution in [1.82, 2.24) is 0 Å². The van der Waals surface area contributed by atoms with Crippen molar-refractivity contribution in [3.8, 4) is 0 Å². The molecule has 23 heteroatoms. The van der Waals surface area contributed by atoms with Gasteiger partial charge in [0.2, 0.25) is 0 Å². The molecule has 2 N–H and O–H groups in total. The number of aliphatic hydroxyl groups excluding tert-OH is 2. The van der Waals surface area contributed by atoms with E-state index in [-0.39, 0.29) is 50.6 Å². The van der Waals surface area contributed by atoms with Crippen molar-refractivity contribution >= 4 is 93.8 Å². The Morgan fingerprint density at radius 2 is 0.694 bits per heavy atom. The van der Waals surface area contributed by atoms with E-state index in [1.165, 1.54) is 154 Å². The topological polar surface area (TPSA) is 313 Å². The van der Waals surface area contributed by atoms with Crippen LogP contribution in [-0.4, -0.2) is 173 Å². The van der Waals surface area contributed by atoms with E-state index in [0.717, 1.165) is 51.4 Å². The molecule has 0 amide bonds. The maximum Gasteiger partial charge on any atom is 2.00 e. The van der Waals surface area contributed by atoms with Gasteiger partial charge in [0.25, 0.3) is 0 Å². The number of ether oxygens (including phenoxy) is 6. The SMILES string of the molecule is CC/C=C\CCCCCCCCCCCCCCCCCC(=O)OCC1(CO)COC(=O)CC(S(=O)(=O)[O-])C(=O)OC1.CC/C=C\CCCCCCCCCCCCCCCCCC(=O)OCC1(CO)COC(=O)CC(S(=O)(=O)[O-])C(=O)OC1.[Ca+2]. The van der Waals surface area contributed by atoms with Gasteiger partial charge in [-0.1, -0.05) is 205 Å². The van der Waals surface area contributed by atoms with Gasteiger partial charge in [0.05, 0.1) is 36.9 Å². The van der Waals surface area contributed by atoms with Gasteiger partial charge in [0.1, 0.15) is 59.9 Å². The van der Waals surface area contributed by atoms with Crippen molar-refractivity contribution in [3.63, 3.8) is 0 Å². The smallest absolute Gasteiger partial charge is 0.747 e. The average molecular weight is 1280 g/mol. The number of carbonyl (C=O) groups is 6. The van der Waals surface area contributed by atoms with Crippen LogP contribution >= 0.6 is 0 Å². The van der Waals surface area contributed by atoms with Gasteiger partial charge >= 0.3 is 73.6 Å². The van der Waals surface area contributed by atoms with Crippen molar-refractivity contribution in [2.45, 2.75) is 268 Å². The number of esters is 6. The van der Waals surface area contributed by atoms with Gasteiger partial charge in [-0.05, 0) is 51.4 Å². The quantitative estimate of drug-likeness (QED) is 0.0143. The first kappa shape index (κ1) is 82.3. The fourth-order valence-electron chi connectivity index (χ4n) is 9.49. The molecule has 2 heterocycles. The summed E-state index contributed by atoms with van der Waals surface area (Å²) in [5.74, 6) is -6.00.